The van der Waals surface area contributed by atoms with E-state index in [9.17, 15) is 9.59 Å². The summed E-state index contributed by atoms with van der Waals surface area (Å²) >= 11 is 4.70. The molecule has 1 fully saturated rings. The van der Waals surface area contributed by atoms with Crippen molar-refractivity contribution in [3.63, 3.8) is 0 Å². The van der Waals surface area contributed by atoms with Crippen molar-refractivity contribution >= 4 is 44.8 Å². The van der Waals surface area contributed by atoms with Gasteiger partial charge in [-0.15, -0.1) is 11.3 Å². The first kappa shape index (κ1) is 20.0. The number of benzene rings is 1. The summed E-state index contributed by atoms with van der Waals surface area (Å²) in [6.45, 7) is 4.20. The van der Waals surface area contributed by atoms with Crippen LogP contribution in [0, 0.1) is 0 Å². The number of halogens is 1. The van der Waals surface area contributed by atoms with E-state index in [1.54, 1.807) is 13.1 Å². The largest absolute Gasteiger partial charge is 0.379 e. The van der Waals surface area contributed by atoms with Crippen molar-refractivity contribution in [2.24, 2.45) is 0 Å². The second-order valence-corrected chi connectivity index (χ2v) is 8.87. The van der Waals surface area contributed by atoms with Crippen LogP contribution in [0.3, 0.4) is 0 Å². The molecule has 0 unspecified atom stereocenters. The number of hydrogen-bond acceptors (Lipinski definition) is 5. The average molecular weight is 452 g/mol. The van der Waals surface area contributed by atoms with E-state index >= 15 is 0 Å². The molecule has 0 saturated carbocycles. The topological polar surface area (TPSA) is 61.9 Å². The lowest BCUT2D eigenvalue weighted by atomic mass is 10.2. The van der Waals surface area contributed by atoms with Gasteiger partial charge in [-0.3, -0.25) is 14.5 Å². The van der Waals surface area contributed by atoms with Crippen LogP contribution < -0.4 is 5.32 Å². The lowest BCUT2D eigenvalue weighted by Gasteiger charge is -2.26. The number of amides is 2. The second-order valence-electron chi connectivity index (χ2n) is 6.40. The molecule has 0 radical (unpaired) electrons. The van der Waals surface area contributed by atoms with Gasteiger partial charge in [0.15, 0.2) is 0 Å². The molecule has 1 aliphatic rings. The number of nitrogens with one attached hydrogen (secondary N) is 1. The number of nitrogens with zero attached hydrogens (tertiary/aromatic N) is 2. The predicted octanol–water partition coefficient (Wildman–Crippen LogP) is 3.05. The molecule has 3 rings (SSSR count). The van der Waals surface area contributed by atoms with Gasteiger partial charge in [0.05, 0.1) is 28.4 Å². The maximum Gasteiger partial charge on any atom is 0.264 e. The number of thiophene rings is 1. The van der Waals surface area contributed by atoms with Gasteiger partial charge in [-0.2, -0.15) is 0 Å². The highest BCUT2D eigenvalue weighted by atomic mass is 79.9. The highest BCUT2D eigenvalue weighted by Crippen LogP contribution is 2.23. The Hall–Kier alpha value is -1.74. The monoisotopic (exact) mass is 451 g/mol. The van der Waals surface area contributed by atoms with Crippen molar-refractivity contribution in [2.45, 2.75) is 6.54 Å². The predicted molar refractivity (Wildman–Crippen MR) is 110 cm³/mol. The molecule has 6 nitrogen and oxygen atoms in total. The Bertz CT molecular complexity index is 805. The normalized spacial score (nSPS) is 14.7. The zero-order chi connectivity index (χ0) is 19.2. The number of morpholine rings is 1. The van der Waals surface area contributed by atoms with E-state index in [2.05, 4.69) is 32.2 Å². The number of carbonyl (C=O) groups is 2. The summed E-state index contributed by atoms with van der Waals surface area (Å²) in [5, 5.41) is 2.88. The molecule has 2 amide bonds. The Morgan fingerprint density at radius 3 is 2.74 bits per heavy atom. The Morgan fingerprint density at radius 2 is 2.04 bits per heavy atom. The number of hydrogen-bond donors (Lipinski definition) is 1. The summed E-state index contributed by atoms with van der Waals surface area (Å²) in [6, 6.07) is 11.4. The van der Waals surface area contributed by atoms with Gasteiger partial charge in [0.1, 0.15) is 0 Å². The summed E-state index contributed by atoms with van der Waals surface area (Å²) in [4.78, 5) is 29.0. The Morgan fingerprint density at radius 1 is 1.26 bits per heavy atom. The van der Waals surface area contributed by atoms with Crippen molar-refractivity contribution in [3.05, 3.63) is 50.6 Å². The van der Waals surface area contributed by atoms with Gasteiger partial charge in [-0.25, -0.2) is 0 Å². The maximum atomic E-state index is 12.3. The minimum atomic E-state index is -0.218. The van der Waals surface area contributed by atoms with E-state index in [1.807, 2.05) is 24.3 Å². The second kappa shape index (κ2) is 9.45. The van der Waals surface area contributed by atoms with Crippen molar-refractivity contribution < 1.29 is 14.3 Å². The molecule has 144 valence electrons. The Labute approximate surface area is 171 Å². The molecule has 27 heavy (non-hydrogen) atoms. The molecule has 1 N–H and O–H groups in total. The number of likely N-dealkylation sites (N-methyl/N-ethyl adjacent to an activating group) is 1. The molecule has 0 bridgehead atoms. The summed E-state index contributed by atoms with van der Waals surface area (Å²) in [7, 11) is 1.63. The van der Waals surface area contributed by atoms with Crippen molar-refractivity contribution in [3.8, 4) is 0 Å². The van der Waals surface area contributed by atoms with Crippen LogP contribution in [0.1, 0.15) is 15.2 Å². The van der Waals surface area contributed by atoms with Crippen LogP contribution in [0.5, 0.6) is 0 Å². The highest BCUT2D eigenvalue weighted by Gasteiger charge is 2.17. The van der Waals surface area contributed by atoms with E-state index in [4.69, 9.17) is 4.74 Å². The highest BCUT2D eigenvalue weighted by molar-refractivity contribution is 9.11. The zero-order valence-electron chi connectivity index (χ0n) is 15.1. The summed E-state index contributed by atoms with van der Waals surface area (Å²) < 4.78 is 6.26. The molecule has 1 aromatic carbocycles. The van der Waals surface area contributed by atoms with Crippen molar-refractivity contribution in [2.75, 3.05) is 45.2 Å². The molecule has 2 heterocycles. The van der Waals surface area contributed by atoms with Gasteiger partial charge in [0.2, 0.25) is 5.91 Å². The van der Waals surface area contributed by atoms with Crippen molar-refractivity contribution in [1.29, 1.82) is 0 Å². The maximum absolute atomic E-state index is 12.3. The SMILES string of the molecule is CN(CC(=O)Nc1cccc(CN2CCOCC2)c1)C(=O)c1ccc(Br)s1. The molecule has 0 atom stereocenters. The van der Waals surface area contributed by atoms with Crippen molar-refractivity contribution in [1.82, 2.24) is 9.80 Å². The fourth-order valence-electron chi connectivity index (χ4n) is 2.87. The molecule has 1 saturated heterocycles. The van der Waals surface area contributed by atoms with E-state index in [0.717, 1.165) is 47.9 Å². The third-order valence-corrected chi connectivity index (χ3v) is 5.84. The molecule has 2 aromatic rings. The molecular formula is C19H22BrN3O3S. The smallest absolute Gasteiger partial charge is 0.264 e. The van der Waals surface area contributed by atoms with E-state index in [-0.39, 0.29) is 18.4 Å². The number of rotatable bonds is 6. The molecule has 8 heteroatoms. The van der Waals surface area contributed by atoms with Crippen LogP contribution in [0.15, 0.2) is 40.2 Å². The van der Waals surface area contributed by atoms with Gasteiger partial charge in [0, 0.05) is 32.4 Å². The van der Waals surface area contributed by atoms with E-state index < -0.39 is 0 Å². The fourth-order valence-corrected chi connectivity index (χ4v) is 4.25. The quantitative estimate of drug-likeness (QED) is 0.732. The average Bonchev–Trinajstić information content (AvgIpc) is 3.08. The van der Waals surface area contributed by atoms with Crippen LogP contribution in [0.4, 0.5) is 5.69 Å². The molecule has 0 aliphatic carbocycles. The number of carbonyl (C=O) groups excluding carboxylic acids is 2. The zero-order valence-corrected chi connectivity index (χ0v) is 17.5. The van der Waals surface area contributed by atoms with Crippen LogP contribution in [-0.4, -0.2) is 61.5 Å². The molecule has 1 aromatic heterocycles. The third kappa shape index (κ3) is 5.87. The first-order valence-corrected chi connectivity index (χ1v) is 10.3. The number of ether oxygens (including phenoxy) is 1. The summed E-state index contributed by atoms with van der Waals surface area (Å²) in [5.41, 5.74) is 1.88. The lowest BCUT2D eigenvalue weighted by Crippen LogP contribution is -2.35. The Kier molecular flexibility index (Phi) is 7.01. The van der Waals surface area contributed by atoms with Gasteiger partial charge in [-0.05, 0) is 45.8 Å². The van der Waals surface area contributed by atoms with Crippen LogP contribution in [-0.2, 0) is 16.1 Å². The van der Waals surface area contributed by atoms with Gasteiger partial charge < -0.3 is 15.0 Å². The van der Waals surface area contributed by atoms with Crippen LogP contribution in [0.2, 0.25) is 0 Å². The van der Waals surface area contributed by atoms with E-state index in [0.29, 0.717) is 4.88 Å². The first-order valence-electron chi connectivity index (χ1n) is 8.71. The molecular weight excluding hydrogens is 430 g/mol. The van der Waals surface area contributed by atoms with Crippen LogP contribution in [0.25, 0.3) is 0 Å². The number of anilines is 1. The Balaban J connectivity index is 1.54. The standard InChI is InChI=1S/C19H22BrN3O3S/c1-22(19(25)16-5-6-17(20)27-16)13-18(24)21-15-4-2-3-14(11-15)12-23-7-9-26-10-8-23/h2-6,11H,7-10,12-13H2,1H3,(H,21,24). The lowest BCUT2D eigenvalue weighted by molar-refractivity contribution is -0.116. The van der Waals surface area contributed by atoms with E-state index in [1.165, 1.54) is 16.2 Å². The van der Waals surface area contributed by atoms with Gasteiger partial charge in [-0.1, -0.05) is 12.1 Å². The van der Waals surface area contributed by atoms with Gasteiger partial charge in [0.25, 0.3) is 5.91 Å². The first-order chi connectivity index (χ1) is 13.0. The van der Waals surface area contributed by atoms with Gasteiger partial charge >= 0.3 is 0 Å². The molecule has 1 aliphatic heterocycles. The minimum Gasteiger partial charge on any atom is -0.379 e. The molecule has 0 spiro atoms. The fraction of sp³-hybridized carbons (Fsp3) is 0.368. The minimum absolute atomic E-state index is 0.00203. The summed E-state index contributed by atoms with van der Waals surface area (Å²) in [5.74, 6) is -0.382. The third-order valence-electron chi connectivity index (χ3n) is 4.23. The summed E-state index contributed by atoms with van der Waals surface area (Å²) in [6.07, 6.45) is 0. The van der Waals surface area contributed by atoms with Crippen LogP contribution >= 0.6 is 27.3 Å².